The zero-order valence-corrected chi connectivity index (χ0v) is 21.1. The van der Waals surface area contributed by atoms with Crippen LogP contribution in [0.15, 0.2) is 40.9 Å². The Kier molecular flexibility index (Phi) is 10.4. The van der Waals surface area contributed by atoms with Gasteiger partial charge in [0.25, 0.3) is 5.91 Å². The molecule has 0 aromatic heterocycles. The lowest BCUT2D eigenvalue weighted by atomic mass is 10.1. The quantitative estimate of drug-likeness (QED) is 0.388. The maximum absolute atomic E-state index is 13.2. The van der Waals surface area contributed by atoms with E-state index in [0.717, 1.165) is 6.42 Å². The Bertz CT molecular complexity index is 907. The molecule has 0 aliphatic rings. The lowest BCUT2D eigenvalue weighted by Gasteiger charge is -2.31. The highest BCUT2D eigenvalue weighted by Crippen LogP contribution is 2.29. The van der Waals surface area contributed by atoms with Crippen LogP contribution >= 0.6 is 50.7 Å². The van der Waals surface area contributed by atoms with E-state index in [9.17, 15) is 9.59 Å². The number of hydrogen-bond donors (Lipinski definition) is 1. The lowest BCUT2D eigenvalue weighted by Crippen LogP contribution is -2.50. The molecule has 1 atom stereocenters. The summed E-state index contributed by atoms with van der Waals surface area (Å²) in [4.78, 5) is 27.4. The van der Waals surface area contributed by atoms with Crippen LogP contribution in [0.25, 0.3) is 0 Å². The molecule has 31 heavy (non-hydrogen) atoms. The van der Waals surface area contributed by atoms with Crippen LogP contribution < -0.4 is 10.1 Å². The fourth-order valence-corrected chi connectivity index (χ4v) is 4.27. The first-order valence-corrected chi connectivity index (χ1v) is 11.8. The van der Waals surface area contributed by atoms with Crippen molar-refractivity contribution in [2.45, 2.75) is 39.3 Å². The number of carbonyl (C=O) groups excluding carboxylic acids is 2. The number of amides is 2. The summed E-state index contributed by atoms with van der Waals surface area (Å²) in [6, 6.07) is 9.45. The van der Waals surface area contributed by atoms with Crippen molar-refractivity contribution in [2.24, 2.45) is 0 Å². The van der Waals surface area contributed by atoms with Gasteiger partial charge in [-0.2, -0.15) is 0 Å². The van der Waals surface area contributed by atoms with E-state index in [1.165, 1.54) is 4.90 Å². The van der Waals surface area contributed by atoms with Gasteiger partial charge in [-0.25, -0.2) is 0 Å². The van der Waals surface area contributed by atoms with Crippen molar-refractivity contribution in [2.75, 3.05) is 13.2 Å². The summed E-state index contributed by atoms with van der Waals surface area (Å²) >= 11 is 22.0. The molecule has 0 saturated carbocycles. The maximum Gasteiger partial charge on any atom is 0.261 e. The fraction of sp³-hybridized carbons (Fsp3) is 0.364. The van der Waals surface area contributed by atoms with Crippen molar-refractivity contribution in [1.82, 2.24) is 10.2 Å². The van der Waals surface area contributed by atoms with E-state index < -0.39 is 6.04 Å². The summed E-state index contributed by atoms with van der Waals surface area (Å²) in [5, 5.41) is 4.25. The molecule has 0 saturated heterocycles. The number of nitrogens with one attached hydrogen (secondary N) is 1. The Labute approximate surface area is 206 Å². The zero-order chi connectivity index (χ0) is 23.0. The number of nitrogens with zero attached hydrogens (tertiary/aromatic N) is 1. The summed E-state index contributed by atoms with van der Waals surface area (Å²) in [5.41, 5.74) is 0.577. The molecule has 168 valence electrons. The molecule has 5 nitrogen and oxygen atoms in total. The van der Waals surface area contributed by atoms with Gasteiger partial charge in [0.15, 0.2) is 6.61 Å². The molecule has 0 radical (unpaired) electrons. The Morgan fingerprint density at radius 1 is 1.13 bits per heavy atom. The van der Waals surface area contributed by atoms with Gasteiger partial charge in [-0.15, -0.1) is 0 Å². The number of ether oxygens (including phenoxy) is 1. The van der Waals surface area contributed by atoms with Crippen molar-refractivity contribution >= 4 is 62.5 Å². The smallest absolute Gasteiger partial charge is 0.261 e. The second kappa shape index (κ2) is 12.5. The summed E-state index contributed by atoms with van der Waals surface area (Å²) in [6.07, 6.45) is 1.22. The predicted molar refractivity (Wildman–Crippen MR) is 129 cm³/mol. The molecule has 0 aliphatic heterocycles. The third-order valence-corrected chi connectivity index (χ3v) is 6.13. The summed E-state index contributed by atoms with van der Waals surface area (Å²) < 4.78 is 6.32. The molecule has 2 aromatic rings. The first kappa shape index (κ1) is 25.8. The normalized spacial score (nSPS) is 11.7. The van der Waals surface area contributed by atoms with E-state index in [1.54, 1.807) is 36.4 Å². The van der Waals surface area contributed by atoms with E-state index in [1.807, 2.05) is 13.8 Å². The number of benzene rings is 2. The van der Waals surface area contributed by atoms with Crippen LogP contribution in [-0.4, -0.2) is 35.9 Å². The molecule has 1 N–H and O–H groups in total. The molecule has 0 aliphatic carbocycles. The van der Waals surface area contributed by atoms with Crippen LogP contribution in [-0.2, 0) is 16.1 Å². The van der Waals surface area contributed by atoms with Crippen LogP contribution in [0, 0.1) is 0 Å². The molecule has 0 unspecified atom stereocenters. The average Bonchev–Trinajstić information content (AvgIpc) is 2.73. The largest absolute Gasteiger partial charge is 0.483 e. The van der Waals surface area contributed by atoms with E-state index in [-0.39, 0.29) is 25.0 Å². The van der Waals surface area contributed by atoms with Crippen molar-refractivity contribution in [3.05, 3.63) is 61.5 Å². The summed E-state index contributed by atoms with van der Waals surface area (Å²) in [5.74, 6) is -0.123. The van der Waals surface area contributed by atoms with Gasteiger partial charge >= 0.3 is 0 Å². The Morgan fingerprint density at radius 2 is 1.81 bits per heavy atom. The third-order valence-electron chi connectivity index (χ3n) is 4.57. The van der Waals surface area contributed by atoms with Gasteiger partial charge in [0.2, 0.25) is 5.91 Å². The van der Waals surface area contributed by atoms with E-state index in [4.69, 9.17) is 39.5 Å². The van der Waals surface area contributed by atoms with Gasteiger partial charge in [0.1, 0.15) is 11.8 Å². The number of rotatable bonds is 10. The Balaban J connectivity index is 2.28. The summed E-state index contributed by atoms with van der Waals surface area (Å²) in [6.45, 7) is 4.16. The van der Waals surface area contributed by atoms with E-state index >= 15 is 0 Å². The highest BCUT2D eigenvalue weighted by molar-refractivity contribution is 9.10. The van der Waals surface area contributed by atoms with Crippen LogP contribution in [0.2, 0.25) is 15.1 Å². The van der Waals surface area contributed by atoms with Gasteiger partial charge in [0.05, 0.1) is 4.47 Å². The van der Waals surface area contributed by atoms with Crippen molar-refractivity contribution in [3.8, 4) is 5.75 Å². The molecule has 0 bridgehead atoms. The second-order valence-electron chi connectivity index (χ2n) is 6.80. The van der Waals surface area contributed by atoms with Crippen LogP contribution in [0.5, 0.6) is 5.75 Å². The predicted octanol–water partition coefficient (Wildman–Crippen LogP) is 6.12. The van der Waals surface area contributed by atoms with Crippen LogP contribution in [0.3, 0.4) is 0 Å². The second-order valence-corrected chi connectivity index (χ2v) is 8.91. The van der Waals surface area contributed by atoms with Gasteiger partial charge in [-0.05, 0) is 59.1 Å². The fourth-order valence-electron chi connectivity index (χ4n) is 2.95. The molecule has 0 heterocycles. The Hall–Kier alpha value is -1.47. The topological polar surface area (TPSA) is 58.6 Å². The molecular weight excluding hydrogens is 527 g/mol. The van der Waals surface area contributed by atoms with Crippen molar-refractivity contribution in [3.63, 3.8) is 0 Å². The van der Waals surface area contributed by atoms with Crippen molar-refractivity contribution in [1.29, 1.82) is 0 Å². The minimum atomic E-state index is -0.691. The van der Waals surface area contributed by atoms with E-state index in [2.05, 4.69) is 21.2 Å². The molecular formula is C22H24BrCl3N2O3. The number of hydrogen-bond acceptors (Lipinski definition) is 3. The van der Waals surface area contributed by atoms with E-state index in [0.29, 0.717) is 43.8 Å². The molecule has 2 amide bonds. The minimum absolute atomic E-state index is 0.0839. The SMILES string of the molecule is CCCNC(=O)[C@H](CC)N(Cc1c(Cl)cccc1Cl)C(=O)COc1ccc(Cl)cc1Br. The number of halogens is 4. The third kappa shape index (κ3) is 7.28. The Morgan fingerprint density at radius 3 is 2.39 bits per heavy atom. The molecule has 2 rings (SSSR count). The molecule has 9 heteroatoms. The first-order chi connectivity index (χ1) is 14.8. The minimum Gasteiger partial charge on any atom is -0.483 e. The van der Waals surface area contributed by atoms with Gasteiger partial charge in [-0.1, -0.05) is 54.7 Å². The maximum atomic E-state index is 13.2. The average molecular weight is 551 g/mol. The lowest BCUT2D eigenvalue weighted by molar-refractivity contribution is -0.143. The standard InChI is InChI=1S/C22H24BrCl3N2O3/c1-3-10-27-22(30)19(4-2)28(12-15-17(25)6-5-7-18(15)26)21(29)13-31-20-9-8-14(24)11-16(20)23/h5-9,11,19H,3-4,10,12-13H2,1-2H3,(H,27,30)/t19-/m0/s1. The van der Waals surface area contributed by atoms with Gasteiger partial charge < -0.3 is 15.0 Å². The highest BCUT2D eigenvalue weighted by atomic mass is 79.9. The number of carbonyl (C=O) groups is 2. The van der Waals surface area contributed by atoms with Gasteiger partial charge in [0, 0.05) is 33.7 Å². The van der Waals surface area contributed by atoms with Crippen LogP contribution in [0.1, 0.15) is 32.3 Å². The monoisotopic (exact) mass is 548 g/mol. The molecule has 2 aromatic carbocycles. The van der Waals surface area contributed by atoms with Gasteiger partial charge in [-0.3, -0.25) is 9.59 Å². The summed E-state index contributed by atoms with van der Waals surface area (Å²) in [7, 11) is 0. The van der Waals surface area contributed by atoms with Crippen molar-refractivity contribution < 1.29 is 14.3 Å². The van der Waals surface area contributed by atoms with Crippen LogP contribution in [0.4, 0.5) is 0 Å². The molecule has 0 spiro atoms. The first-order valence-electron chi connectivity index (χ1n) is 9.86. The molecule has 0 fully saturated rings. The zero-order valence-electron chi connectivity index (χ0n) is 17.3. The highest BCUT2D eigenvalue weighted by Gasteiger charge is 2.30.